The number of benzene rings is 1. The van der Waals surface area contributed by atoms with Crippen molar-refractivity contribution < 1.29 is 9.94 Å². The van der Waals surface area contributed by atoms with E-state index in [0.717, 1.165) is 0 Å². The predicted octanol–water partition coefficient (Wildman–Crippen LogP) is 1.46. The lowest BCUT2D eigenvalue weighted by Crippen LogP contribution is -2.17. The lowest BCUT2D eigenvalue weighted by Gasteiger charge is -2.05. The Morgan fingerprint density at radius 2 is 2.25 bits per heavy atom. The van der Waals surface area contributed by atoms with Gasteiger partial charge in [0.1, 0.15) is 0 Å². The van der Waals surface area contributed by atoms with E-state index in [4.69, 9.17) is 4.84 Å². The molecule has 0 spiro atoms. The van der Waals surface area contributed by atoms with Gasteiger partial charge in [0.25, 0.3) is 0 Å². The maximum atomic E-state index is 9.22. The second kappa shape index (κ2) is 4.41. The molecule has 1 aromatic rings. The number of rotatable bonds is 4. The van der Waals surface area contributed by atoms with E-state index in [0.29, 0.717) is 12.3 Å². The van der Waals surface area contributed by atoms with Crippen LogP contribution in [0.4, 0.5) is 0 Å². The molecule has 0 amide bonds. The van der Waals surface area contributed by atoms with Gasteiger partial charge in [-0.1, -0.05) is 18.2 Å². The van der Waals surface area contributed by atoms with E-state index < -0.39 is 0 Å². The highest BCUT2D eigenvalue weighted by Gasteiger charge is 1.97. The average molecular weight is 165 g/mol. The Kier molecular flexibility index (Phi) is 3.17. The number of hydrogen-bond acceptors (Lipinski definition) is 3. The van der Waals surface area contributed by atoms with E-state index in [-0.39, 0.29) is 5.75 Å². The van der Waals surface area contributed by atoms with Crippen LogP contribution in [0.5, 0.6) is 11.5 Å². The van der Waals surface area contributed by atoms with Gasteiger partial charge in [-0.2, -0.15) is 5.48 Å². The van der Waals surface area contributed by atoms with Crippen LogP contribution in [0.3, 0.4) is 0 Å². The van der Waals surface area contributed by atoms with Crippen LogP contribution in [0.15, 0.2) is 36.9 Å². The molecule has 0 saturated heterocycles. The third-order valence-electron chi connectivity index (χ3n) is 1.28. The summed E-state index contributed by atoms with van der Waals surface area (Å²) in [6, 6.07) is 6.75. The number of para-hydroxylation sites is 2. The third kappa shape index (κ3) is 2.29. The molecule has 0 aromatic heterocycles. The predicted molar refractivity (Wildman–Crippen MR) is 46.9 cm³/mol. The molecule has 0 radical (unpaired) electrons. The lowest BCUT2D eigenvalue weighted by atomic mass is 10.3. The first-order valence-electron chi connectivity index (χ1n) is 3.63. The summed E-state index contributed by atoms with van der Waals surface area (Å²) in [5, 5.41) is 9.22. The molecule has 0 unspecified atom stereocenters. The van der Waals surface area contributed by atoms with E-state index in [2.05, 4.69) is 12.1 Å². The first-order chi connectivity index (χ1) is 5.84. The summed E-state index contributed by atoms with van der Waals surface area (Å²) in [5.74, 6) is 0.536. The summed E-state index contributed by atoms with van der Waals surface area (Å²) < 4.78 is 0. The van der Waals surface area contributed by atoms with E-state index in [1.54, 1.807) is 30.3 Å². The molecule has 0 saturated carbocycles. The Hall–Kier alpha value is -1.48. The Morgan fingerprint density at radius 1 is 1.50 bits per heavy atom. The molecule has 64 valence electrons. The molecule has 3 heteroatoms. The van der Waals surface area contributed by atoms with Gasteiger partial charge in [-0.05, 0) is 12.1 Å². The second-order valence-electron chi connectivity index (χ2n) is 2.21. The van der Waals surface area contributed by atoms with Crippen LogP contribution in [0.2, 0.25) is 0 Å². The van der Waals surface area contributed by atoms with Crippen LogP contribution in [0.25, 0.3) is 0 Å². The van der Waals surface area contributed by atoms with Gasteiger partial charge in [0.05, 0.1) is 0 Å². The van der Waals surface area contributed by atoms with Crippen LogP contribution in [0.1, 0.15) is 0 Å². The zero-order valence-electron chi connectivity index (χ0n) is 6.66. The molecule has 0 aliphatic rings. The normalized spacial score (nSPS) is 9.33. The highest BCUT2D eigenvalue weighted by molar-refractivity contribution is 5.37. The second-order valence-corrected chi connectivity index (χ2v) is 2.21. The van der Waals surface area contributed by atoms with Gasteiger partial charge in [0.15, 0.2) is 11.5 Å². The zero-order valence-corrected chi connectivity index (χ0v) is 6.66. The maximum absolute atomic E-state index is 9.22. The number of hydroxylamine groups is 1. The van der Waals surface area contributed by atoms with E-state index in [9.17, 15) is 5.11 Å². The van der Waals surface area contributed by atoms with Crippen molar-refractivity contribution in [2.75, 3.05) is 6.54 Å². The molecule has 0 aliphatic carbocycles. The molecular formula is C9H11NO2. The summed E-state index contributed by atoms with van der Waals surface area (Å²) in [7, 11) is 0. The first-order valence-corrected chi connectivity index (χ1v) is 3.63. The lowest BCUT2D eigenvalue weighted by molar-refractivity contribution is 0.200. The number of phenols is 1. The average Bonchev–Trinajstić information content (AvgIpc) is 2.09. The Balaban J connectivity index is 2.51. The van der Waals surface area contributed by atoms with Crippen molar-refractivity contribution in [3.8, 4) is 11.5 Å². The van der Waals surface area contributed by atoms with Crippen molar-refractivity contribution in [2.24, 2.45) is 0 Å². The van der Waals surface area contributed by atoms with E-state index in [1.807, 2.05) is 0 Å². The highest BCUT2D eigenvalue weighted by Crippen LogP contribution is 2.23. The Bertz CT molecular complexity index is 260. The summed E-state index contributed by atoms with van der Waals surface area (Å²) in [6.07, 6.45) is 1.67. The van der Waals surface area contributed by atoms with Crippen LogP contribution >= 0.6 is 0 Å². The monoisotopic (exact) mass is 165 g/mol. The molecular weight excluding hydrogens is 154 g/mol. The molecule has 3 nitrogen and oxygen atoms in total. The fourth-order valence-corrected chi connectivity index (χ4v) is 0.722. The van der Waals surface area contributed by atoms with Crippen LogP contribution in [-0.4, -0.2) is 11.7 Å². The van der Waals surface area contributed by atoms with Gasteiger partial charge in [-0.3, -0.25) is 0 Å². The zero-order chi connectivity index (χ0) is 8.81. The number of nitrogens with one attached hydrogen (secondary N) is 1. The molecule has 2 N–H and O–H groups in total. The summed E-state index contributed by atoms with van der Waals surface area (Å²) in [5.41, 5.74) is 2.61. The van der Waals surface area contributed by atoms with E-state index >= 15 is 0 Å². The molecule has 0 heterocycles. The molecule has 0 aliphatic heterocycles. The first kappa shape index (κ1) is 8.62. The molecule has 1 rings (SSSR count). The third-order valence-corrected chi connectivity index (χ3v) is 1.28. The van der Waals surface area contributed by atoms with Gasteiger partial charge in [-0.25, -0.2) is 0 Å². The number of phenolic OH excluding ortho intramolecular Hbond substituents is 1. The topological polar surface area (TPSA) is 41.5 Å². The maximum Gasteiger partial charge on any atom is 0.188 e. The fraction of sp³-hybridized carbons (Fsp3) is 0.111. The Morgan fingerprint density at radius 3 is 2.92 bits per heavy atom. The molecule has 0 fully saturated rings. The van der Waals surface area contributed by atoms with Crippen molar-refractivity contribution in [3.05, 3.63) is 36.9 Å². The van der Waals surface area contributed by atoms with E-state index in [1.165, 1.54) is 0 Å². The molecule has 12 heavy (non-hydrogen) atoms. The molecule has 0 atom stereocenters. The summed E-state index contributed by atoms with van der Waals surface area (Å²) in [6.45, 7) is 4.05. The smallest absolute Gasteiger partial charge is 0.188 e. The summed E-state index contributed by atoms with van der Waals surface area (Å²) in [4.78, 5) is 5.01. The van der Waals surface area contributed by atoms with Crippen molar-refractivity contribution >= 4 is 0 Å². The van der Waals surface area contributed by atoms with Crippen molar-refractivity contribution in [2.45, 2.75) is 0 Å². The standard InChI is InChI=1S/C9H11NO2/c1-2-7-10-12-9-6-4-3-5-8(9)11/h2-6,10-11H,1,7H2. The van der Waals surface area contributed by atoms with Crippen molar-refractivity contribution in [1.29, 1.82) is 0 Å². The fourth-order valence-electron chi connectivity index (χ4n) is 0.722. The van der Waals surface area contributed by atoms with Crippen LogP contribution in [0, 0.1) is 0 Å². The number of aromatic hydroxyl groups is 1. The number of hydrogen-bond donors (Lipinski definition) is 2. The summed E-state index contributed by atoms with van der Waals surface area (Å²) >= 11 is 0. The minimum Gasteiger partial charge on any atom is -0.504 e. The molecule has 1 aromatic carbocycles. The van der Waals surface area contributed by atoms with Gasteiger partial charge in [0, 0.05) is 6.54 Å². The van der Waals surface area contributed by atoms with Crippen LogP contribution in [-0.2, 0) is 0 Å². The van der Waals surface area contributed by atoms with Gasteiger partial charge >= 0.3 is 0 Å². The minimum absolute atomic E-state index is 0.120. The van der Waals surface area contributed by atoms with Crippen molar-refractivity contribution in [1.82, 2.24) is 5.48 Å². The SMILES string of the molecule is C=CCNOc1ccccc1O. The minimum atomic E-state index is 0.120. The van der Waals surface area contributed by atoms with Crippen LogP contribution < -0.4 is 10.3 Å². The van der Waals surface area contributed by atoms with Gasteiger partial charge in [0.2, 0.25) is 0 Å². The van der Waals surface area contributed by atoms with Gasteiger partial charge < -0.3 is 9.94 Å². The van der Waals surface area contributed by atoms with Crippen molar-refractivity contribution in [3.63, 3.8) is 0 Å². The molecule has 0 bridgehead atoms. The van der Waals surface area contributed by atoms with Gasteiger partial charge in [-0.15, -0.1) is 6.58 Å². The quantitative estimate of drug-likeness (QED) is 0.403. The Labute approximate surface area is 71.2 Å². The largest absolute Gasteiger partial charge is 0.504 e. The highest BCUT2D eigenvalue weighted by atomic mass is 16.6.